The Hall–Kier alpha value is -1.75. The number of benzene rings is 1. The highest BCUT2D eigenvalue weighted by Gasteiger charge is 2.09. The van der Waals surface area contributed by atoms with E-state index in [0.717, 1.165) is 5.56 Å². The summed E-state index contributed by atoms with van der Waals surface area (Å²) in [6, 6.07) is 4.66. The molecule has 0 saturated heterocycles. The van der Waals surface area contributed by atoms with Crippen LogP contribution in [-0.2, 0) is 11.2 Å². The van der Waals surface area contributed by atoms with Gasteiger partial charge in [-0.3, -0.25) is 4.79 Å². The number of aryl methyl sites for hydroxylation is 1. The standard InChI is InChI=1S/C12H10FNO2S/c1-7-2-8(4-9(13)3-7)12-14-10(6-17-12)5-11(15)16/h2-4,6H,5H2,1H3,(H,15,16). The maximum atomic E-state index is 13.2. The van der Waals surface area contributed by atoms with E-state index < -0.39 is 5.97 Å². The van der Waals surface area contributed by atoms with Gasteiger partial charge in [-0.1, -0.05) is 0 Å². The smallest absolute Gasteiger partial charge is 0.309 e. The average Bonchev–Trinajstić information content (AvgIpc) is 2.63. The van der Waals surface area contributed by atoms with Gasteiger partial charge in [0.05, 0.1) is 12.1 Å². The fraction of sp³-hybridized carbons (Fsp3) is 0.167. The number of nitrogens with zero attached hydrogens (tertiary/aromatic N) is 1. The van der Waals surface area contributed by atoms with Crippen molar-refractivity contribution in [1.29, 1.82) is 0 Å². The first-order chi connectivity index (χ1) is 8.04. The van der Waals surface area contributed by atoms with Gasteiger partial charge in [-0.05, 0) is 30.7 Å². The van der Waals surface area contributed by atoms with Gasteiger partial charge in [-0.2, -0.15) is 0 Å². The molecule has 1 N–H and O–H groups in total. The molecule has 1 aromatic carbocycles. The zero-order valence-corrected chi connectivity index (χ0v) is 9.92. The van der Waals surface area contributed by atoms with Crippen molar-refractivity contribution >= 4 is 17.3 Å². The van der Waals surface area contributed by atoms with Crippen LogP contribution in [0, 0.1) is 12.7 Å². The molecule has 0 spiro atoms. The van der Waals surface area contributed by atoms with Crippen LogP contribution in [0.3, 0.4) is 0 Å². The van der Waals surface area contributed by atoms with Crippen LogP contribution >= 0.6 is 11.3 Å². The minimum absolute atomic E-state index is 0.106. The number of thiazole rings is 1. The zero-order valence-electron chi connectivity index (χ0n) is 9.11. The predicted molar refractivity (Wildman–Crippen MR) is 63.6 cm³/mol. The highest BCUT2D eigenvalue weighted by molar-refractivity contribution is 7.13. The lowest BCUT2D eigenvalue weighted by atomic mass is 10.1. The summed E-state index contributed by atoms with van der Waals surface area (Å²) in [5, 5.41) is 11.0. The summed E-state index contributed by atoms with van der Waals surface area (Å²) in [7, 11) is 0. The lowest BCUT2D eigenvalue weighted by molar-refractivity contribution is -0.136. The first kappa shape index (κ1) is 11.7. The van der Waals surface area contributed by atoms with E-state index in [1.807, 2.05) is 6.07 Å². The molecule has 1 heterocycles. The first-order valence-electron chi connectivity index (χ1n) is 4.98. The molecule has 2 rings (SSSR count). The summed E-state index contributed by atoms with van der Waals surface area (Å²) in [5.41, 5.74) is 2.00. The number of carbonyl (C=O) groups is 1. The van der Waals surface area contributed by atoms with E-state index in [1.54, 1.807) is 12.3 Å². The van der Waals surface area contributed by atoms with Crippen molar-refractivity contribution < 1.29 is 14.3 Å². The third-order valence-electron chi connectivity index (χ3n) is 2.17. The van der Waals surface area contributed by atoms with Crippen LogP contribution in [0.1, 0.15) is 11.3 Å². The molecule has 88 valence electrons. The lowest BCUT2D eigenvalue weighted by Gasteiger charge is -1.99. The van der Waals surface area contributed by atoms with Gasteiger partial charge >= 0.3 is 5.97 Å². The van der Waals surface area contributed by atoms with Crippen molar-refractivity contribution in [2.24, 2.45) is 0 Å². The monoisotopic (exact) mass is 251 g/mol. The second kappa shape index (κ2) is 4.63. The molecule has 0 radical (unpaired) electrons. The number of carboxylic acids is 1. The molecule has 0 fully saturated rings. The highest BCUT2D eigenvalue weighted by atomic mass is 32.1. The number of carboxylic acid groups (broad SMARTS) is 1. The fourth-order valence-corrected chi connectivity index (χ4v) is 2.34. The molecule has 0 aliphatic rings. The van der Waals surface area contributed by atoms with E-state index in [-0.39, 0.29) is 12.2 Å². The number of halogens is 1. The second-order valence-electron chi connectivity index (χ2n) is 3.73. The molecule has 0 bridgehead atoms. The van der Waals surface area contributed by atoms with Crippen LogP contribution in [0.15, 0.2) is 23.6 Å². The van der Waals surface area contributed by atoms with Crippen molar-refractivity contribution in [3.05, 3.63) is 40.7 Å². The molecule has 0 aliphatic carbocycles. The zero-order chi connectivity index (χ0) is 12.4. The van der Waals surface area contributed by atoms with E-state index in [1.165, 1.54) is 23.5 Å². The Labute approximate surface area is 102 Å². The maximum absolute atomic E-state index is 13.2. The van der Waals surface area contributed by atoms with Gasteiger partial charge in [-0.15, -0.1) is 11.3 Å². The van der Waals surface area contributed by atoms with Gasteiger partial charge in [-0.25, -0.2) is 9.37 Å². The molecule has 0 saturated carbocycles. The van der Waals surface area contributed by atoms with Gasteiger partial charge < -0.3 is 5.11 Å². The van der Waals surface area contributed by atoms with Crippen molar-refractivity contribution in [2.45, 2.75) is 13.3 Å². The van der Waals surface area contributed by atoms with Gasteiger partial charge in [0.1, 0.15) is 10.8 Å². The third-order valence-corrected chi connectivity index (χ3v) is 3.11. The molecule has 17 heavy (non-hydrogen) atoms. The minimum atomic E-state index is -0.919. The quantitative estimate of drug-likeness (QED) is 0.912. The Morgan fingerprint density at radius 3 is 2.88 bits per heavy atom. The largest absolute Gasteiger partial charge is 0.481 e. The van der Waals surface area contributed by atoms with Crippen molar-refractivity contribution in [1.82, 2.24) is 4.98 Å². The molecule has 1 aromatic heterocycles. The Morgan fingerprint density at radius 2 is 2.24 bits per heavy atom. The Balaban J connectivity index is 2.33. The van der Waals surface area contributed by atoms with E-state index in [2.05, 4.69) is 4.98 Å². The molecule has 0 amide bonds. The van der Waals surface area contributed by atoms with Crippen LogP contribution in [-0.4, -0.2) is 16.1 Å². The predicted octanol–water partition coefficient (Wildman–Crippen LogP) is 2.88. The van der Waals surface area contributed by atoms with Crippen LogP contribution in [0.25, 0.3) is 10.6 Å². The molecular weight excluding hydrogens is 241 g/mol. The van der Waals surface area contributed by atoms with Crippen LogP contribution in [0.5, 0.6) is 0 Å². The van der Waals surface area contributed by atoms with E-state index in [9.17, 15) is 9.18 Å². The number of hydrogen-bond donors (Lipinski definition) is 1. The summed E-state index contributed by atoms with van der Waals surface area (Å²) in [5.74, 6) is -1.23. The molecule has 0 aliphatic heterocycles. The summed E-state index contributed by atoms with van der Waals surface area (Å²) in [6.45, 7) is 1.80. The summed E-state index contributed by atoms with van der Waals surface area (Å²) in [4.78, 5) is 14.7. The number of rotatable bonds is 3. The molecular formula is C12H10FNO2S. The van der Waals surface area contributed by atoms with Crippen molar-refractivity contribution in [3.63, 3.8) is 0 Å². The minimum Gasteiger partial charge on any atom is -0.481 e. The fourth-order valence-electron chi connectivity index (χ4n) is 1.54. The van der Waals surface area contributed by atoms with Gasteiger partial charge in [0, 0.05) is 10.9 Å². The van der Waals surface area contributed by atoms with E-state index in [0.29, 0.717) is 16.3 Å². The lowest BCUT2D eigenvalue weighted by Crippen LogP contribution is -1.99. The Bertz CT molecular complexity index is 545. The molecule has 0 unspecified atom stereocenters. The molecule has 5 heteroatoms. The summed E-state index contributed by atoms with van der Waals surface area (Å²) >= 11 is 1.32. The summed E-state index contributed by atoms with van der Waals surface area (Å²) in [6.07, 6.45) is -0.106. The van der Waals surface area contributed by atoms with Crippen LogP contribution in [0.4, 0.5) is 4.39 Å². The Morgan fingerprint density at radius 1 is 1.47 bits per heavy atom. The van der Waals surface area contributed by atoms with Crippen molar-refractivity contribution in [3.8, 4) is 10.6 Å². The second-order valence-corrected chi connectivity index (χ2v) is 4.59. The molecule has 2 aromatic rings. The average molecular weight is 251 g/mol. The first-order valence-corrected chi connectivity index (χ1v) is 5.86. The molecule has 0 atom stereocenters. The van der Waals surface area contributed by atoms with E-state index >= 15 is 0 Å². The van der Waals surface area contributed by atoms with Crippen LogP contribution < -0.4 is 0 Å². The van der Waals surface area contributed by atoms with Crippen molar-refractivity contribution in [2.75, 3.05) is 0 Å². The normalized spacial score (nSPS) is 10.5. The molecule has 3 nitrogen and oxygen atoms in total. The summed E-state index contributed by atoms with van der Waals surface area (Å²) < 4.78 is 13.2. The van der Waals surface area contributed by atoms with E-state index in [4.69, 9.17) is 5.11 Å². The van der Waals surface area contributed by atoms with Crippen LogP contribution in [0.2, 0.25) is 0 Å². The highest BCUT2D eigenvalue weighted by Crippen LogP contribution is 2.25. The van der Waals surface area contributed by atoms with Gasteiger partial charge in [0.25, 0.3) is 0 Å². The van der Waals surface area contributed by atoms with Gasteiger partial charge in [0.2, 0.25) is 0 Å². The maximum Gasteiger partial charge on any atom is 0.309 e. The number of aromatic nitrogens is 1. The topological polar surface area (TPSA) is 50.2 Å². The number of aliphatic carboxylic acids is 1. The SMILES string of the molecule is Cc1cc(F)cc(-c2nc(CC(=O)O)cs2)c1. The third kappa shape index (κ3) is 2.88. The Kier molecular flexibility index (Phi) is 3.19. The number of hydrogen-bond acceptors (Lipinski definition) is 3. The van der Waals surface area contributed by atoms with Gasteiger partial charge in [0.15, 0.2) is 0 Å².